The van der Waals surface area contributed by atoms with E-state index in [4.69, 9.17) is 9.63 Å². The van der Waals surface area contributed by atoms with Gasteiger partial charge in [-0.25, -0.2) is 9.78 Å². The highest BCUT2D eigenvalue weighted by Crippen LogP contribution is 1.99. The van der Waals surface area contributed by atoms with Crippen molar-refractivity contribution in [3.05, 3.63) is 41.8 Å². The summed E-state index contributed by atoms with van der Waals surface area (Å²) in [4.78, 5) is 18.6. The topological polar surface area (TPSA) is 101 Å². The largest absolute Gasteiger partial charge is 0.477 e. The maximum Gasteiger partial charge on any atom is 0.354 e. The molecule has 2 heterocycles. The number of carboxylic acid groups (broad SMARTS) is 1. The van der Waals surface area contributed by atoms with Gasteiger partial charge in [0.2, 0.25) is 5.89 Å². The van der Waals surface area contributed by atoms with E-state index < -0.39 is 5.97 Å². The molecule has 18 heavy (non-hydrogen) atoms. The Bertz CT molecular complexity index is 513. The van der Waals surface area contributed by atoms with Crippen molar-refractivity contribution in [2.75, 3.05) is 6.54 Å². The summed E-state index contributed by atoms with van der Waals surface area (Å²) < 4.78 is 4.84. The van der Waals surface area contributed by atoms with Gasteiger partial charge in [-0.15, -0.1) is 0 Å². The van der Waals surface area contributed by atoms with Crippen LogP contribution in [0.1, 0.15) is 22.1 Å². The van der Waals surface area contributed by atoms with Gasteiger partial charge in [-0.1, -0.05) is 11.2 Å². The Labute approximate surface area is 103 Å². The molecule has 0 saturated heterocycles. The number of hydrogen-bond donors (Lipinski definition) is 2. The number of carboxylic acids is 1. The Hall–Kier alpha value is -2.28. The Morgan fingerprint density at radius 2 is 2.33 bits per heavy atom. The van der Waals surface area contributed by atoms with E-state index in [1.807, 2.05) is 0 Å². The molecular weight excluding hydrogens is 236 g/mol. The van der Waals surface area contributed by atoms with Crippen LogP contribution in [-0.4, -0.2) is 32.7 Å². The van der Waals surface area contributed by atoms with Crippen molar-refractivity contribution in [2.24, 2.45) is 0 Å². The predicted molar refractivity (Wildman–Crippen MR) is 60.9 cm³/mol. The molecule has 0 aromatic carbocycles. The Kier molecular flexibility index (Phi) is 3.98. The van der Waals surface area contributed by atoms with E-state index >= 15 is 0 Å². The van der Waals surface area contributed by atoms with Crippen molar-refractivity contribution in [3.63, 3.8) is 0 Å². The van der Waals surface area contributed by atoms with Gasteiger partial charge in [-0.2, -0.15) is 4.98 Å². The molecule has 0 aliphatic rings. The van der Waals surface area contributed by atoms with E-state index in [9.17, 15) is 4.79 Å². The van der Waals surface area contributed by atoms with Crippen LogP contribution >= 0.6 is 0 Å². The molecule has 0 atom stereocenters. The first kappa shape index (κ1) is 12.2. The Morgan fingerprint density at radius 1 is 1.44 bits per heavy atom. The van der Waals surface area contributed by atoms with Crippen LogP contribution in [0.4, 0.5) is 0 Å². The summed E-state index contributed by atoms with van der Waals surface area (Å²) >= 11 is 0. The number of nitrogens with zero attached hydrogens (tertiary/aromatic N) is 3. The van der Waals surface area contributed by atoms with E-state index in [1.54, 1.807) is 12.1 Å². The normalized spacial score (nSPS) is 10.4. The summed E-state index contributed by atoms with van der Waals surface area (Å²) in [6.45, 7) is 1.15. The lowest BCUT2D eigenvalue weighted by Crippen LogP contribution is -2.18. The van der Waals surface area contributed by atoms with Crippen molar-refractivity contribution in [1.82, 2.24) is 20.4 Å². The first-order valence-electron chi connectivity index (χ1n) is 5.41. The molecule has 0 aliphatic heterocycles. The number of rotatable bonds is 6. The third kappa shape index (κ3) is 3.36. The molecule has 94 valence electrons. The number of hydrogen-bond acceptors (Lipinski definition) is 6. The van der Waals surface area contributed by atoms with Gasteiger partial charge >= 0.3 is 5.97 Å². The molecule has 0 spiro atoms. The summed E-state index contributed by atoms with van der Waals surface area (Å²) in [5, 5.41) is 15.4. The first-order valence-corrected chi connectivity index (χ1v) is 5.41. The second-order valence-corrected chi connectivity index (χ2v) is 3.58. The lowest BCUT2D eigenvalue weighted by atomic mass is 10.3. The molecular formula is C11H12N4O3. The van der Waals surface area contributed by atoms with Crippen molar-refractivity contribution in [1.29, 1.82) is 0 Å². The average Bonchev–Trinajstić information content (AvgIpc) is 2.88. The summed E-state index contributed by atoms with van der Waals surface area (Å²) in [6.07, 6.45) is 1.98. The van der Waals surface area contributed by atoms with E-state index in [-0.39, 0.29) is 5.69 Å². The van der Waals surface area contributed by atoms with Gasteiger partial charge in [0.05, 0.1) is 5.69 Å². The van der Waals surface area contributed by atoms with Gasteiger partial charge in [0, 0.05) is 19.5 Å². The second-order valence-electron chi connectivity index (χ2n) is 3.58. The molecule has 2 aromatic rings. The fourth-order valence-corrected chi connectivity index (χ4v) is 1.42. The molecule has 0 bridgehead atoms. The molecule has 2 N–H and O–H groups in total. The van der Waals surface area contributed by atoms with Crippen molar-refractivity contribution >= 4 is 5.97 Å². The van der Waals surface area contributed by atoms with Gasteiger partial charge in [0.25, 0.3) is 0 Å². The first-order chi connectivity index (χ1) is 8.75. The van der Waals surface area contributed by atoms with Crippen LogP contribution in [0, 0.1) is 0 Å². The van der Waals surface area contributed by atoms with Crippen LogP contribution in [0.5, 0.6) is 0 Å². The molecule has 0 radical (unpaired) electrons. The standard InChI is InChI=1S/C11H12N4O3/c16-11(17)9-3-1-2-8(15-9)6-12-5-4-10-13-7-14-18-10/h1-3,7,12H,4-6H2,(H,16,17). The van der Waals surface area contributed by atoms with Gasteiger partial charge in [-0.05, 0) is 12.1 Å². The molecule has 2 rings (SSSR count). The lowest BCUT2D eigenvalue weighted by molar-refractivity contribution is 0.0690. The molecule has 0 saturated carbocycles. The number of carbonyl (C=O) groups is 1. The molecule has 7 heteroatoms. The van der Waals surface area contributed by atoms with Crippen LogP contribution < -0.4 is 5.32 Å². The number of aromatic carboxylic acids is 1. The Morgan fingerprint density at radius 3 is 3.06 bits per heavy atom. The third-order valence-corrected chi connectivity index (χ3v) is 2.25. The SMILES string of the molecule is O=C(O)c1cccc(CNCCc2ncno2)n1. The van der Waals surface area contributed by atoms with Gasteiger partial charge < -0.3 is 14.9 Å². The number of aromatic nitrogens is 3. The van der Waals surface area contributed by atoms with E-state index in [1.165, 1.54) is 12.4 Å². The second kappa shape index (κ2) is 5.87. The zero-order valence-electron chi connectivity index (χ0n) is 9.54. The quantitative estimate of drug-likeness (QED) is 0.717. The van der Waals surface area contributed by atoms with Crippen LogP contribution in [0.15, 0.2) is 29.0 Å². The summed E-state index contributed by atoms with van der Waals surface area (Å²) in [5.74, 6) is -0.461. The fraction of sp³-hybridized carbons (Fsp3) is 0.273. The molecule has 0 aliphatic carbocycles. The van der Waals surface area contributed by atoms with Crippen LogP contribution in [0.2, 0.25) is 0 Å². The highest BCUT2D eigenvalue weighted by atomic mass is 16.5. The highest BCUT2D eigenvalue weighted by Gasteiger charge is 2.05. The fourth-order valence-electron chi connectivity index (χ4n) is 1.42. The predicted octanol–water partition coefficient (Wildman–Crippen LogP) is 0.495. The van der Waals surface area contributed by atoms with Crippen molar-refractivity contribution < 1.29 is 14.4 Å². The zero-order chi connectivity index (χ0) is 12.8. The van der Waals surface area contributed by atoms with Crippen molar-refractivity contribution in [3.8, 4) is 0 Å². The third-order valence-electron chi connectivity index (χ3n) is 2.25. The van der Waals surface area contributed by atoms with Crippen molar-refractivity contribution in [2.45, 2.75) is 13.0 Å². The molecule has 0 unspecified atom stereocenters. The number of pyridine rings is 1. The maximum atomic E-state index is 10.7. The molecule has 7 nitrogen and oxygen atoms in total. The van der Waals surface area contributed by atoms with Gasteiger partial charge in [-0.3, -0.25) is 0 Å². The van der Waals surface area contributed by atoms with E-state index in [2.05, 4.69) is 20.4 Å². The number of nitrogens with one attached hydrogen (secondary N) is 1. The minimum Gasteiger partial charge on any atom is -0.477 e. The van der Waals surface area contributed by atoms with E-state index in [0.29, 0.717) is 31.1 Å². The monoisotopic (exact) mass is 248 g/mol. The summed E-state index contributed by atoms with van der Waals surface area (Å²) in [5.41, 5.74) is 0.728. The molecule has 0 amide bonds. The molecule has 0 fully saturated rings. The van der Waals surface area contributed by atoms with Gasteiger partial charge in [0.15, 0.2) is 6.33 Å². The lowest BCUT2D eigenvalue weighted by Gasteiger charge is -2.03. The van der Waals surface area contributed by atoms with Crippen LogP contribution in [-0.2, 0) is 13.0 Å². The van der Waals surface area contributed by atoms with E-state index in [0.717, 1.165) is 0 Å². The van der Waals surface area contributed by atoms with Crippen LogP contribution in [0.25, 0.3) is 0 Å². The van der Waals surface area contributed by atoms with Crippen LogP contribution in [0.3, 0.4) is 0 Å². The van der Waals surface area contributed by atoms with Gasteiger partial charge in [0.1, 0.15) is 5.69 Å². The summed E-state index contributed by atoms with van der Waals surface area (Å²) in [7, 11) is 0. The zero-order valence-corrected chi connectivity index (χ0v) is 9.54. The maximum absolute atomic E-state index is 10.7. The Balaban J connectivity index is 1.79. The molecule has 2 aromatic heterocycles. The minimum absolute atomic E-state index is 0.0474. The highest BCUT2D eigenvalue weighted by molar-refractivity contribution is 5.85. The smallest absolute Gasteiger partial charge is 0.354 e. The summed E-state index contributed by atoms with van der Waals surface area (Å²) in [6, 6.07) is 4.90. The minimum atomic E-state index is -1.03. The average molecular weight is 248 g/mol.